The number of carboxylic acid groups (broad SMARTS) is 1. The zero-order valence-corrected chi connectivity index (χ0v) is 15.9. The van der Waals surface area contributed by atoms with Gasteiger partial charge in [-0.25, -0.2) is 9.78 Å². The molecule has 0 aliphatic carbocycles. The number of aromatic carboxylic acids is 1. The first kappa shape index (κ1) is 17.5. The van der Waals surface area contributed by atoms with E-state index in [1.165, 1.54) is 23.5 Å². The average molecular weight is 401 g/mol. The standard InChI is InChI=1S/C19H13ClN2O4S/c1-8-9(2)27-18-15(8)17(23)21-16(22-18)14-6-5-13(26-14)10-3-4-12(20)11(7-10)19(24)25/h3-7H,1-2H3,(H,24,25)(H,21,22,23). The Morgan fingerprint density at radius 2 is 1.96 bits per heavy atom. The maximum Gasteiger partial charge on any atom is 0.337 e. The van der Waals surface area contributed by atoms with Gasteiger partial charge in [0.05, 0.1) is 16.0 Å². The molecular weight excluding hydrogens is 388 g/mol. The molecule has 8 heteroatoms. The van der Waals surface area contributed by atoms with Crippen LogP contribution in [0.4, 0.5) is 0 Å². The number of halogens is 1. The molecule has 0 amide bonds. The van der Waals surface area contributed by atoms with Crippen LogP contribution in [0.3, 0.4) is 0 Å². The molecule has 0 saturated heterocycles. The van der Waals surface area contributed by atoms with Crippen LogP contribution in [0, 0.1) is 13.8 Å². The molecule has 4 aromatic rings. The lowest BCUT2D eigenvalue weighted by molar-refractivity contribution is 0.0697. The largest absolute Gasteiger partial charge is 0.478 e. The molecule has 0 aliphatic heterocycles. The minimum absolute atomic E-state index is 0.00963. The highest BCUT2D eigenvalue weighted by Crippen LogP contribution is 2.31. The highest BCUT2D eigenvalue weighted by atomic mass is 35.5. The summed E-state index contributed by atoms with van der Waals surface area (Å²) in [7, 11) is 0. The number of thiophene rings is 1. The summed E-state index contributed by atoms with van der Waals surface area (Å²) < 4.78 is 5.81. The van der Waals surface area contributed by atoms with Gasteiger partial charge < -0.3 is 14.5 Å². The van der Waals surface area contributed by atoms with Crippen molar-refractivity contribution < 1.29 is 14.3 Å². The van der Waals surface area contributed by atoms with Crippen molar-refractivity contribution in [1.82, 2.24) is 9.97 Å². The highest BCUT2D eigenvalue weighted by Gasteiger charge is 2.16. The number of nitrogens with zero attached hydrogens (tertiary/aromatic N) is 1. The van der Waals surface area contributed by atoms with Gasteiger partial charge in [0.1, 0.15) is 10.6 Å². The zero-order chi connectivity index (χ0) is 19.3. The van der Waals surface area contributed by atoms with Crippen molar-refractivity contribution in [2.75, 3.05) is 0 Å². The lowest BCUT2D eigenvalue weighted by Gasteiger charge is -2.02. The highest BCUT2D eigenvalue weighted by molar-refractivity contribution is 7.18. The molecule has 4 rings (SSSR count). The van der Waals surface area contributed by atoms with Crippen LogP contribution in [0.1, 0.15) is 20.8 Å². The van der Waals surface area contributed by atoms with Gasteiger partial charge in [0.2, 0.25) is 0 Å². The van der Waals surface area contributed by atoms with E-state index in [1.54, 1.807) is 18.2 Å². The van der Waals surface area contributed by atoms with Gasteiger partial charge in [0, 0.05) is 10.4 Å². The number of aromatic nitrogens is 2. The van der Waals surface area contributed by atoms with Crippen molar-refractivity contribution in [2.45, 2.75) is 13.8 Å². The molecule has 0 radical (unpaired) electrons. The van der Waals surface area contributed by atoms with E-state index in [-0.39, 0.29) is 16.1 Å². The Labute approximate surface area is 162 Å². The van der Waals surface area contributed by atoms with Crippen LogP contribution in [0.15, 0.2) is 39.5 Å². The van der Waals surface area contributed by atoms with Crippen LogP contribution >= 0.6 is 22.9 Å². The van der Waals surface area contributed by atoms with Gasteiger partial charge in [0.15, 0.2) is 11.6 Å². The number of carboxylic acids is 1. The molecule has 27 heavy (non-hydrogen) atoms. The van der Waals surface area contributed by atoms with E-state index in [2.05, 4.69) is 9.97 Å². The van der Waals surface area contributed by atoms with Crippen LogP contribution in [0.5, 0.6) is 0 Å². The third-order valence-electron chi connectivity index (χ3n) is 4.36. The fourth-order valence-electron chi connectivity index (χ4n) is 2.83. The van der Waals surface area contributed by atoms with Gasteiger partial charge in [0.25, 0.3) is 5.56 Å². The minimum atomic E-state index is -1.12. The van der Waals surface area contributed by atoms with Crippen molar-refractivity contribution in [3.05, 3.63) is 61.7 Å². The van der Waals surface area contributed by atoms with Crippen LogP contribution < -0.4 is 5.56 Å². The second-order valence-electron chi connectivity index (χ2n) is 6.04. The molecule has 6 nitrogen and oxygen atoms in total. The molecule has 3 heterocycles. The number of benzene rings is 1. The number of hydrogen-bond donors (Lipinski definition) is 2. The molecule has 0 atom stereocenters. The SMILES string of the molecule is Cc1sc2nc(-c3ccc(-c4ccc(Cl)c(C(=O)O)c4)o3)[nH]c(=O)c2c1C. The van der Waals surface area contributed by atoms with Crippen LogP contribution in [-0.4, -0.2) is 21.0 Å². The monoisotopic (exact) mass is 400 g/mol. The predicted molar refractivity (Wildman–Crippen MR) is 105 cm³/mol. The summed E-state index contributed by atoms with van der Waals surface area (Å²) in [6, 6.07) is 7.99. The van der Waals surface area contributed by atoms with Gasteiger partial charge >= 0.3 is 5.97 Å². The fraction of sp³-hybridized carbons (Fsp3) is 0.105. The first-order chi connectivity index (χ1) is 12.8. The number of hydrogen-bond acceptors (Lipinski definition) is 5. The molecule has 2 N–H and O–H groups in total. The predicted octanol–water partition coefficient (Wildman–Crippen LogP) is 4.88. The van der Waals surface area contributed by atoms with Crippen molar-refractivity contribution >= 4 is 39.1 Å². The molecule has 0 spiro atoms. The maximum atomic E-state index is 12.4. The number of rotatable bonds is 3. The molecule has 0 fully saturated rings. The van der Waals surface area contributed by atoms with E-state index in [9.17, 15) is 14.7 Å². The van der Waals surface area contributed by atoms with Crippen LogP contribution in [0.25, 0.3) is 33.1 Å². The normalized spacial score (nSPS) is 11.2. The quantitative estimate of drug-likeness (QED) is 0.511. The summed E-state index contributed by atoms with van der Waals surface area (Å²) in [5, 5.41) is 9.96. The fourth-order valence-corrected chi connectivity index (χ4v) is 4.06. The molecule has 0 unspecified atom stereocenters. The Kier molecular flexibility index (Phi) is 4.13. The first-order valence-corrected chi connectivity index (χ1v) is 9.18. The lowest BCUT2D eigenvalue weighted by Crippen LogP contribution is -2.08. The average Bonchev–Trinajstić information content (AvgIpc) is 3.21. The number of aryl methyl sites for hydroxylation is 2. The minimum Gasteiger partial charge on any atom is -0.478 e. The van der Waals surface area contributed by atoms with Crippen LogP contribution in [0.2, 0.25) is 5.02 Å². The number of carbonyl (C=O) groups is 1. The lowest BCUT2D eigenvalue weighted by atomic mass is 10.1. The first-order valence-electron chi connectivity index (χ1n) is 7.98. The molecule has 136 valence electrons. The molecule has 1 aromatic carbocycles. The van der Waals surface area contributed by atoms with Crippen molar-refractivity contribution in [3.8, 4) is 22.9 Å². The molecule has 0 aliphatic rings. The number of nitrogens with one attached hydrogen (secondary N) is 1. The van der Waals surface area contributed by atoms with E-state index in [4.69, 9.17) is 16.0 Å². The van der Waals surface area contributed by atoms with E-state index in [0.717, 1.165) is 10.4 Å². The second kappa shape index (κ2) is 6.37. The third-order valence-corrected chi connectivity index (χ3v) is 5.79. The van der Waals surface area contributed by atoms with Crippen LogP contribution in [-0.2, 0) is 0 Å². The summed E-state index contributed by atoms with van der Waals surface area (Å²) in [5.74, 6) is 0.0471. The van der Waals surface area contributed by atoms with Gasteiger partial charge in [-0.1, -0.05) is 11.6 Å². The van der Waals surface area contributed by atoms with E-state index < -0.39 is 5.97 Å². The Bertz CT molecular complexity index is 1270. The van der Waals surface area contributed by atoms with Gasteiger partial charge in [-0.2, -0.15) is 0 Å². The topological polar surface area (TPSA) is 96.2 Å². The Balaban J connectivity index is 1.79. The smallest absolute Gasteiger partial charge is 0.337 e. The number of fused-ring (bicyclic) bond motifs is 1. The van der Waals surface area contributed by atoms with E-state index >= 15 is 0 Å². The molecule has 0 bridgehead atoms. The molecule has 0 saturated carbocycles. The Morgan fingerprint density at radius 1 is 1.22 bits per heavy atom. The van der Waals surface area contributed by atoms with Gasteiger partial charge in [-0.15, -0.1) is 11.3 Å². The molecular formula is C19H13ClN2O4S. The summed E-state index contributed by atoms with van der Waals surface area (Å²) >= 11 is 7.37. The summed E-state index contributed by atoms with van der Waals surface area (Å²) in [5.41, 5.74) is 1.27. The summed E-state index contributed by atoms with van der Waals surface area (Å²) in [6.45, 7) is 3.85. The van der Waals surface area contributed by atoms with Crippen molar-refractivity contribution in [3.63, 3.8) is 0 Å². The van der Waals surface area contributed by atoms with E-state index in [1.807, 2.05) is 13.8 Å². The van der Waals surface area contributed by atoms with Gasteiger partial charge in [-0.05, 0) is 49.7 Å². The Morgan fingerprint density at radius 3 is 2.70 bits per heavy atom. The number of aromatic amines is 1. The third kappa shape index (κ3) is 2.94. The summed E-state index contributed by atoms with van der Waals surface area (Å²) in [4.78, 5) is 32.7. The second-order valence-corrected chi connectivity index (χ2v) is 7.65. The number of furan rings is 1. The Hall–Kier alpha value is -2.90. The zero-order valence-electron chi connectivity index (χ0n) is 14.3. The van der Waals surface area contributed by atoms with Crippen molar-refractivity contribution in [2.24, 2.45) is 0 Å². The van der Waals surface area contributed by atoms with Crippen molar-refractivity contribution in [1.29, 1.82) is 0 Å². The number of H-pyrrole nitrogens is 1. The molecule has 3 aromatic heterocycles. The summed E-state index contributed by atoms with van der Waals surface area (Å²) in [6.07, 6.45) is 0. The van der Waals surface area contributed by atoms with Gasteiger partial charge in [-0.3, -0.25) is 4.79 Å². The van der Waals surface area contributed by atoms with E-state index in [0.29, 0.717) is 33.1 Å². The maximum absolute atomic E-state index is 12.4.